The molecule has 1 nitrogen and oxygen atoms in total. The molecule has 0 fully saturated rings. The van der Waals surface area contributed by atoms with Gasteiger partial charge in [0.05, 0.1) is 6.04 Å². The number of benzene rings is 2. The lowest BCUT2D eigenvalue weighted by Gasteiger charge is -2.22. The Morgan fingerprint density at radius 1 is 1.16 bits per heavy atom. The third-order valence-electron chi connectivity index (χ3n) is 3.18. The summed E-state index contributed by atoms with van der Waals surface area (Å²) in [5, 5.41) is 3.49. The smallest absolute Gasteiger partial charge is 0.124 e. The minimum absolute atomic E-state index is 0.110. The zero-order valence-electron chi connectivity index (χ0n) is 11.1. The lowest BCUT2D eigenvalue weighted by atomic mass is 9.95. The first-order valence-electron chi connectivity index (χ1n) is 6.37. The second-order valence-corrected chi connectivity index (χ2v) is 5.68. The summed E-state index contributed by atoms with van der Waals surface area (Å²) in [6.07, 6.45) is 0. The van der Waals surface area contributed by atoms with Crippen LogP contribution < -0.4 is 5.32 Å². The van der Waals surface area contributed by atoms with E-state index in [2.05, 4.69) is 53.9 Å². The van der Waals surface area contributed by atoms with Crippen LogP contribution in [0, 0.1) is 16.3 Å². The molecule has 0 bridgehead atoms. The average Bonchev–Trinajstić information content (AvgIpc) is 2.38. The summed E-state index contributed by atoms with van der Waals surface area (Å²) < 4.78 is 14.2. The highest BCUT2D eigenvalue weighted by Gasteiger charge is 2.17. The Hall–Kier alpha value is -0.940. The molecular weight excluding hydrogens is 352 g/mol. The Bertz CT molecular complexity index is 568. The molecule has 1 unspecified atom stereocenters. The second kappa shape index (κ2) is 6.48. The predicted molar refractivity (Wildman–Crippen MR) is 85.8 cm³/mol. The van der Waals surface area contributed by atoms with Crippen LogP contribution in [-0.4, -0.2) is 6.54 Å². The molecule has 0 radical (unpaired) electrons. The van der Waals surface area contributed by atoms with Crippen molar-refractivity contribution < 1.29 is 4.39 Å². The largest absolute Gasteiger partial charge is 0.306 e. The monoisotopic (exact) mass is 369 g/mol. The quantitative estimate of drug-likeness (QED) is 0.786. The summed E-state index contributed by atoms with van der Waals surface area (Å²) in [5.74, 6) is -0.187. The standard InChI is InChI=1S/C16H17FIN/c1-3-19-16(13-7-5-4-6-11(13)2)14-9-8-12(17)10-15(14)18/h4-10,16,19H,3H2,1-2H3. The maximum Gasteiger partial charge on any atom is 0.124 e. The van der Waals surface area contributed by atoms with Gasteiger partial charge in [0.25, 0.3) is 0 Å². The molecule has 0 aromatic heterocycles. The summed E-state index contributed by atoms with van der Waals surface area (Å²) >= 11 is 2.20. The summed E-state index contributed by atoms with van der Waals surface area (Å²) in [5.41, 5.74) is 3.61. The molecule has 0 heterocycles. The molecule has 2 aromatic rings. The maximum atomic E-state index is 13.3. The molecule has 19 heavy (non-hydrogen) atoms. The van der Waals surface area contributed by atoms with Crippen molar-refractivity contribution in [2.24, 2.45) is 0 Å². The molecule has 0 aliphatic heterocycles. The minimum atomic E-state index is -0.187. The highest BCUT2D eigenvalue weighted by atomic mass is 127. The van der Waals surface area contributed by atoms with Crippen LogP contribution in [0.3, 0.4) is 0 Å². The van der Waals surface area contributed by atoms with Gasteiger partial charge in [-0.3, -0.25) is 0 Å². The van der Waals surface area contributed by atoms with Gasteiger partial charge < -0.3 is 5.32 Å². The second-order valence-electron chi connectivity index (χ2n) is 4.51. The highest BCUT2D eigenvalue weighted by molar-refractivity contribution is 14.1. The molecule has 100 valence electrons. The maximum absolute atomic E-state index is 13.3. The molecule has 0 aliphatic rings. The number of aryl methyl sites for hydroxylation is 1. The summed E-state index contributed by atoms with van der Waals surface area (Å²) in [6.45, 7) is 5.06. The van der Waals surface area contributed by atoms with Gasteiger partial charge in [0.2, 0.25) is 0 Å². The van der Waals surface area contributed by atoms with E-state index in [0.29, 0.717) is 0 Å². The first-order valence-corrected chi connectivity index (χ1v) is 7.45. The molecule has 0 aliphatic carbocycles. The Morgan fingerprint density at radius 3 is 2.53 bits per heavy atom. The van der Waals surface area contributed by atoms with Crippen LogP contribution in [0.4, 0.5) is 4.39 Å². The van der Waals surface area contributed by atoms with Gasteiger partial charge in [0, 0.05) is 3.57 Å². The third kappa shape index (κ3) is 3.34. The van der Waals surface area contributed by atoms with Gasteiger partial charge >= 0.3 is 0 Å². The molecule has 3 heteroatoms. The van der Waals surface area contributed by atoms with Crippen LogP contribution in [0.1, 0.15) is 29.7 Å². The molecule has 0 saturated heterocycles. The van der Waals surface area contributed by atoms with Gasteiger partial charge in [0.15, 0.2) is 0 Å². The van der Waals surface area contributed by atoms with Gasteiger partial charge in [0.1, 0.15) is 5.82 Å². The van der Waals surface area contributed by atoms with E-state index in [-0.39, 0.29) is 11.9 Å². The fraction of sp³-hybridized carbons (Fsp3) is 0.250. The van der Waals surface area contributed by atoms with Crippen LogP contribution >= 0.6 is 22.6 Å². The summed E-state index contributed by atoms with van der Waals surface area (Å²) in [7, 11) is 0. The van der Waals surface area contributed by atoms with Crippen LogP contribution in [-0.2, 0) is 0 Å². The van der Waals surface area contributed by atoms with Gasteiger partial charge in [-0.05, 0) is 64.9 Å². The van der Waals surface area contributed by atoms with Gasteiger partial charge in [-0.2, -0.15) is 0 Å². The van der Waals surface area contributed by atoms with Crippen molar-refractivity contribution in [2.45, 2.75) is 19.9 Å². The number of hydrogen-bond acceptors (Lipinski definition) is 1. The Kier molecular flexibility index (Phi) is 4.93. The first-order chi connectivity index (χ1) is 9.13. The van der Waals surface area contributed by atoms with Crippen molar-refractivity contribution in [3.63, 3.8) is 0 Å². The third-order valence-corrected chi connectivity index (χ3v) is 4.12. The van der Waals surface area contributed by atoms with E-state index >= 15 is 0 Å². The van der Waals surface area contributed by atoms with Crippen LogP contribution in [0.5, 0.6) is 0 Å². The Morgan fingerprint density at radius 2 is 1.89 bits per heavy atom. The van der Waals surface area contributed by atoms with E-state index in [9.17, 15) is 4.39 Å². The number of hydrogen-bond donors (Lipinski definition) is 1. The van der Waals surface area contributed by atoms with Crippen molar-refractivity contribution in [1.29, 1.82) is 0 Å². The number of nitrogens with one attached hydrogen (secondary N) is 1. The van der Waals surface area contributed by atoms with Crippen molar-refractivity contribution >= 4 is 22.6 Å². The minimum Gasteiger partial charge on any atom is -0.306 e. The zero-order chi connectivity index (χ0) is 13.8. The Balaban J connectivity index is 2.48. The van der Waals surface area contributed by atoms with Crippen LogP contribution in [0.15, 0.2) is 42.5 Å². The average molecular weight is 369 g/mol. The Labute approximate surface area is 127 Å². The van der Waals surface area contributed by atoms with Gasteiger partial charge in [-0.1, -0.05) is 37.3 Å². The molecule has 2 aromatic carbocycles. The lowest BCUT2D eigenvalue weighted by Crippen LogP contribution is -2.23. The van der Waals surface area contributed by atoms with Crippen molar-refractivity contribution in [2.75, 3.05) is 6.54 Å². The fourth-order valence-electron chi connectivity index (χ4n) is 2.24. The van der Waals surface area contributed by atoms with Crippen molar-refractivity contribution in [3.05, 3.63) is 68.5 Å². The molecule has 0 saturated carbocycles. The highest BCUT2D eigenvalue weighted by Crippen LogP contribution is 2.28. The lowest BCUT2D eigenvalue weighted by molar-refractivity contribution is 0.609. The van der Waals surface area contributed by atoms with E-state index in [1.54, 1.807) is 6.07 Å². The number of rotatable bonds is 4. The zero-order valence-corrected chi connectivity index (χ0v) is 13.2. The fourth-order valence-corrected chi connectivity index (χ4v) is 3.03. The van der Waals surface area contributed by atoms with Crippen LogP contribution in [0.2, 0.25) is 0 Å². The van der Waals surface area contributed by atoms with E-state index < -0.39 is 0 Å². The topological polar surface area (TPSA) is 12.0 Å². The molecule has 0 spiro atoms. The summed E-state index contributed by atoms with van der Waals surface area (Å²) in [4.78, 5) is 0. The molecular formula is C16H17FIN. The van der Waals surface area contributed by atoms with Gasteiger partial charge in [-0.15, -0.1) is 0 Å². The van der Waals surface area contributed by atoms with Crippen molar-refractivity contribution in [1.82, 2.24) is 5.32 Å². The van der Waals surface area contributed by atoms with E-state index in [0.717, 1.165) is 15.7 Å². The molecule has 0 amide bonds. The number of halogens is 2. The molecule has 1 N–H and O–H groups in total. The van der Waals surface area contributed by atoms with E-state index in [1.165, 1.54) is 17.2 Å². The first kappa shape index (κ1) is 14.5. The van der Waals surface area contributed by atoms with E-state index in [4.69, 9.17) is 0 Å². The SMILES string of the molecule is CCNC(c1ccccc1C)c1ccc(F)cc1I. The summed E-state index contributed by atoms with van der Waals surface area (Å²) in [6, 6.07) is 13.4. The van der Waals surface area contributed by atoms with Crippen molar-refractivity contribution in [3.8, 4) is 0 Å². The predicted octanol–water partition coefficient (Wildman–Crippen LogP) is 4.44. The normalized spacial score (nSPS) is 12.4. The van der Waals surface area contributed by atoms with E-state index in [1.807, 2.05) is 18.2 Å². The molecule has 2 rings (SSSR count). The molecule has 1 atom stereocenters. The van der Waals surface area contributed by atoms with Gasteiger partial charge in [-0.25, -0.2) is 4.39 Å². The van der Waals surface area contributed by atoms with Crippen LogP contribution in [0.25, 0.3) is 0 Å².